The summed E-state index contributed by atoms with van der Waals surface area (Å²) in [5.74, 6) is 1.13. The molecule has 3 unspecified atom stereocenters. The summed E-state index contributed by atoms with van der Waals surface area (Å²) in [7, 11) is 0. The summed E-state index contributed by atoms with van der Waals surface area (Å²) in [4.78, 5) is 11.8. The van der Waals surface area contributed by atoms with E-state index in [1.807, 2.05) is 0 Å². The van der Waals surface area contributed by atoms with E-state index in [1.165, 1.54) is 0 Å². The zero-order valence-electron chi connectivity index (χ0n) is 9.63. The van der Waals surface area contributed by atoms with Crippen LogP contribution in [-0.2, 0) is 4.79 Å². The Labute approximate surface area is 86.6 Å². The molecule has 0 aromatic rings. The van der Waals surface area contributed by atoms with E-state index in [-0.39, 0.29) is 18.0 Å². The average Bonchev–Trinajstić information content (AvgIpc) is 2.51. The van der Waals surface area contributed by atoms with Crippen molar-refractivity contribution in [2.45, 2.75) is 46.2 Å². The molecule has 3 heteroatoms. The van der Waals surface area contributed by atoms with Crippen molar-refractivity contribution in [2.24, 2.45) is 11.8 Å². The summed E-state index contributed by atoms with van der Waals surface area (Å²) in [6.07, 6.45) is 1.11. The SMILES string of the molecule is CC(C)C(C)NC(=O)C1NCCC1C. The van der Waals surface area contributed by atoms with Crippen LogP contribution in [-0.4, -0.2) is 24.5 Å². The van der Waals surface area contributed by atoms with Gasteiger partial charge in [0.1, 0.15) is 0 Å². The summed E-state index contributed by atoms with van der Waals surface area (Å²) in [6.45, 7) is 9.40. The zero-order valence-corrected chi connectivity index (χ0v) is 9.63. The third-order valence-corrected chi connectivity index (χ3v) is 3.19. The van der Waals surface area contributed by atoms with Gasteiger partial charge >= 0.3 is 0 Å². The first-order chi connectivity index (χ1) is 6.52. The van der Waals surface area contributed by atoms with Gasteiger partial charge in [0.05, 0.1) is 6.04 Å². The Kier molecular flexibility index (Phi) is 3.93. The molecule has 0 radical (unpaired) electrons. The Morgan fingerprint density at radius 1 is 1.43 bits per heavy atom. The molecule has 2 N–H and O–H groups in total. The van der Waals surface area contributed by atoms with Gasteiger partial charge in [-0.05, 0) is 31.7 Å². The minimum atomic E-state index is 0.0243. The van der Waals surface area contributed by atoms with E-state index in [9.17, 15) is 4.79 Å². The van der Waals surface area contributed by atoms with Crippen LogP contribution in [0, 0.1) is 11.8 Å². The van der Waals surface area contributed by atoms with Crippen LogP contribution in [0.4, 0.5) is 0 Å². The molecule has 0 aliphatic carbocycles. The second-order valence-corrected chi connectivity index (χ2v) is 4.74. The molecular formula is C11H22N2O. The third-order valence-electron chi connectivity index (χ3n) is 3.19. The van der Waals surface area contributed by atoms with Gasteiger partial charge in [0, 0.05) is 6.04 Å². The van der Waals surface area contributed by atoms with Crippen molar-refractivity contribution in [1.29, 1.82) is 0 Å². The number of hydrogen-bond acceptors (Lipinski definition) is 2. The van der Waals surface area contributed by atoms with E-state index in [4.69, 9.17) is 0 Å². The lowest BCUT2D eigenvalue weighted by Crippen LogP contribution is -2.47. The van der Waals surface area contributed by atoms with Crippen molar-refractivity contribution in [2.75, 3.05) is 6.54 Å². The van der Waals surface area contributed by atoms with Gasteiger partial charge in [-0.25, -0.2) is 0 Å². The Balaban J connectivity index is 2.41. The smallest absolute Gasteiger partial charge is 0.237 e. The van der Waals surface area contributed by atoms with Crippen molar-refractivity contribution in [3.63, 3.8) is 0 Å². The second kappa shape index (κ2) is 4.78. The summed E-state index contributed by atoms with van der Waals surface area (Å²) >= 11 is 0. The second-order valence-electron chi connectivity index (χ2n) is 4.74. The summed E-state index contributed by atoms with van der Waals surface area (Å²) in [5.41, 5.74) is 0. The van der Waals surface area contributed by atoms with E-state index in [2.05, 4.69) is 38.3 Å². The number of carbonyl (C=O) groups is 1. The molecule has 1 saturated heterocycles. The van der Waals surface area contributed by atoms with E-state index >= 15 is 0 Å². The van der Waals surface area contributed by atoms with Crippen LogP contribution >= 0.6 is 0 Å². The predicted octanol–water partition coefficient (Wildman–Crippen LogP) is 1.15. The maximum Gasteiger partial charge on any atom is 0.237 e. The van der Waals surface area contributed by atoms with Gasteiger partial charge in [-0.15, -0.1) is 0 Å². The molecule has 3 atom stereocenters. The molecule has 0 spiro atoms. The van der Waals surface area contributed by atoms with Crippen LogP contribution in [0.15, 0.2) is 0 Å². The molecule has 1 aliphatic heterocycles. The van der Waals surface area contributed by atoms with Gasteiger partial charge in [-0.3, -0.25) is 4.79 Å². The Morgan fingerprint density at radius 2 is 2.07 bits per heavy atom. The molecule has 3 nitrogen and oxygen atoms in total. The fourth-order valence-electron chi connectivity index (χ4n) is 1.67. The van der Waals surface area contributed by atoms with Crippen LogP contribution in [0.5, 0.6) is 0 Å². The lowest BCUT2D eigenvalue weighted by molar-refractivity contribution is -0.124. The highest BCUT2D eigenvalue weighted by Crippen LogP contribution is 2.14. The molecule has 0 saturated carbocycles. The van der Waals surface area contributed by atoms with E-state index in [0.29, 0.717) is 11.8 Å². The summed E-state index contributed by atoms with van der Waals surface area (Å²) < 4.78 is 0. The number of carbonyl (C=O) groups excluding carboxylic acids is 1. The minimum Gasteiger partial charge on any atom is -0.352 e. The topological polar surface area (TPSA) is 41.1 Å². The van der Waals surface area contributed by atoms with Crippen LogP contribution < -0.4 is 10.6 Å². The first-order valence-corrected chi connectivity index (χ1v) is 5.56. The van der Waals surface area contributed by atoms with Gasteiger partial charge in [-0.1, -0.05) is 20.8 Å². The number of hydrogen-bond donors (Lipinski definition) is 2. The van der Waals surface area contributed by atoms with Crippen LogP contribution in [0.1, 0.15) is 34.1 Å². The lowest BCUT2D eigenvalue weighted by Gasteiger charge is -2.22. The maximum absolute atomic E-state index is 11.8. The highest BCUT2D eigenvalue weighted by molar-refractivity contribution is 5.82. The highest BCUT2D eigenvalue weighted by Gasteiger charge is 2.29. The Bertz CT molecular complexity index is 203. The summed E-state index contributed by atoms with van der Waals surface area (Å²) in [5, 5.41) is 6.29. The zero-order chi connectivity index (χ0) is 10.7. The van der Waals surface area contributed by atoms with Crippen LogP contribution in [0.2, 0.25) is 0 Å². The van der Waals surface area contributed by atoms with Gasteiger partial charge in [0.25, 0.3) is 0 Å². The molecule has 1 amide bonds. The molecule has 14 heavy (non-hydrogen) atoms. The van der Waals surface area contributed by atoms with Gasteiger partial charge < -0.3 is 10.6 Å². The van der Waals surface area contributed by atoms with Gasteiger partial charge in [0.2, 0.25) is 5.91 Å². The first-order valence-electron chi connectivity index (χ1n) is 5.56. The van der Waals surface area contributed by atoms with E-state index in [0.717, 1.165) is 13.0 Å². The van der Waals surface area contributed by atoms with Crippen molar-refractivity contribution in [1.82, 2.24) is 10.6 Å². The molecular weight excluding hydrogens is 176 g/mol. The highest BCUT2D eigenvalue weighted by atomic mass is 16.2. The fraction of sp³-hybridized carbons (Fsp3) is 0.909. The van der Waals surface area contributed by atoms with E-state index in [1.54, 1.807) is 0 Å². The third kappa shape index (κ3) is 2.71. The molecule has 0 bridgehead atoms. The molecule has 82 valence electrons. The van der Waals surface area contributed by atoms with Crippen molar-refractivity contribution in [3.8, 4) is 0 Å². The number of nitrogens with one attached hydrogen (secondary N) is 2. The average molecular weight is 198 g/mol. The Morgan fingerprint density at radius 3 is 2.50 bits per heavy atom. The monoisotopic (exact) mass is 198 g/mol. The molecule has 1 fully saturated rings. The van der Waals surface area contributed by atoms with Gasteiger partial charge in [0.15, 0.2) is 0 Å². The van der Waals surface area contributed by atoms with Crippen molar-refractivity contribution < 1.29 is 4.79 Å². The quantitative estimate of drug-likeness (QED) is 0.714. The molecule has 1 heterocycles. The van der Waals surface area contributed by atoms with Gasteiger partial charge in [-0.2, -0.15) is 0 Å². The fourth-order valence-corrected chi connectivity index (χ4v) is 1.67. The van der Waals surface area contributed by atoms with Crippen LogP contribution in [0.25, 0.3) is 0 Å². The first kappa shape index (κ1) is 11.5. The lowest BCUT2D eigenvalue weighted by atomic mass is 10.0. The van der Waals surface area contributed by atoms with Crippen LogP contribution in [0.3, 0.4) is 0 Å². The largest absolute Gasteiger partial charge is 0.352 e. The standard InChI is InChI=1S/C11H22N2O/c1-7(2)9(4)13-11(14)10-8(3)5-6-12-10/h7-10,12H,5-6H2,1-4H3,(H,13,14). The van der Waals surface area contributed by atoms with E-state index < -0.39 is 0 Å². The number of rotatable bonds is 3. The maximum atomic E-state index is 11.8. The molecule has 0 aromatic carbocycles. The molecule has 1 rings (SSSR count). The predicted molar refractivity (Wildman–Crippen MR) is 58.0 cm³/mol. The Hall–Kier alpha value is -0.570. The molecule has 1 aliphatic rings. The number of amides is 1. The molecule has 0 aromatic heterocycles. The normalized spacial score (nSPS) is 29.2. The van der Waals surface area contributed by atoms with Crippen molar-refractivity contribution in [3.05, 3.63) is 0 Å². The van der Waals surface area contributed by atoms with Crippen molar-refractivity contribution >= 4 is 5.91 Å². The minimum absolute atomic E-state index is 0.0243. The summed E-state index contributed by atoms with van der Waals surface area (Å²) in [6, 6.07) is 0.285.